The van der Waals surface area contributed by atoms with Gasteiger partial charge >= 0.3 is 10.8 Å². The number of halogens is 5. The van der Waals surface area contributed by atoms with E-state index >= 15 is 0 Å². The van der Waals surface area contributed by atoms with Crippen LogP contribution in [-0.2, 0) is 4.74 Å². The molecule has 0 saturated heterocycles. The summed E-state index contributed by atoms with van der Waals surface area (Å²) in [6.07, 6.45) is -1.09. The first-order chi connectivity index (χ1) is 5.81. The summed E-state index contributed by atoms with van der Waals surface area (Å²) >= 11 is 1.58. The molecule has 0 aliphatic heterocycles. The second-order valence-electron chi connectivity index (χ2n) is 2.29. The quantitative estimate of drug-likeness (QED) is 0.454. The molecule has 13 heavy (non-hydrogen) atoms. The molecule has 1 N–H and O–H groups in total. The third kappa shape index (κ3) is 4.78. The van der Waals surface area contributed by atoms with Crippen LogP contribution in [0.2, 0.25) is 0 Å². The zero-order chi connectivity index (χ0) is 10.5. The molecule has 0 aromatic rings. The fraction of sp³-hybridized carbons (Fsp3) is 1.00. The summed E-state index contributed by atoms with van der Waals surface area (Å²) in [5.74, 6) is -4.14. The lowest BCUT2D eigenvalue weighted by molar-refractivity contribution is -0.159. The summed E-state index contributed by atoms with van der Waals surface area (Å²) < 4.78 is 53.4. The number of aliphatic hydroxyl groups excluding tert-OH is 1. The van der Waals surface area contributed by atoms with Gasteiger partial charge in [-0.05, 0) is 15.9 Å². The Labute approximate surface area is 81.0 Å². The van der Waals surface area contributed by atoms with Gasteiger partial charge in [-0.25, -0.2) is 0 Å². The maximum Gasteiger partial charge on any atom is 0.363 e. The maximum absolute atomic E-state index is 12.4. The van der Waals surface area contributed by atoms with Crippen molar-refractivity contribution in [2.24, 2.45) is 0 Å². The van der Waals surface area contributed by atoms with Gasteiger partial charge in [-0.2, -0.15) is 17.6 Å². The molecule has 0 radical (unpaired) electrons. The van der Waals surface area contributed by atoms with Gasteiger partial charge in [-0.15, -0.1) is 0 Å². The molecule has 0 amide bonds. The van der Waals surface area contributed by atoms with E-state index in [1.54, 1.807) is 15.9 Å². The number of ether oxygens (including phenoxy) is 1. The van der Waals surface area contributed by atoms with Gasteiger partial charge in [0.2, 0.25) is 0 Å². The molecule has 0 atom stereocenters. The molecule has 7 heteroatoms. The minimum Gasteiger partial charge on any atom is -0.394 e. The van der Waals surface area contributed by atoms with E-state index in [4.69, 9.17) is 5.11 Å². The minimum atomic E-state index is -4.22. The molecule has 0 bridgehead atoms. The highest BCUT2D eigenvalue weighted by Gasteiger charge is 2.53. The SMILES string of the molecule is OCCOCCC(F)(F)C(F)(F)Br. The Hall–Kier alpha value is 0.120. The van der Waals surface area contributed by atoms with E-state index in [2.05, 4.69) is 4.74 Å². The van der Waals surface area contributed by atoms with Crippen LogP contribution in [0.25, 0.3) is 0 Å². The summed E-state index contributed by atoms with van der Waals surface area (Å²) in [4.78, 5) is -4.22. The van der Waals surface area contributed by atoms with Crippen LogP contribution >= 0.6 is 15.9 Å². The molecule has 2 nitrogen and oxygen atoms in total. The molecule has 80 valence electrons. The molecule has 0 heterocycles. The van der Waals surface area contributed by atoms with E-state index in [-0.39, 0.29) is 13.2 Å². The van der Waals surface area contributed by atoms with Crippen molar-refractivity contribution < 1.29 is 27.4 Å². The Morgan fingerprint density at radius 2 is 1.69 bits per heavy atom. The van der Waals surface area contributed by atoms with Crippen LogP contribution in [-0.4, -0.2) is 35.7 Å². The molecule has 0 rings (SSSR count). The summed E-state index contributed by atoms with van der Waals surface area (Å²) in [5, 5.41) is 8.19. The molecule has 0 aromatic heterocycles. The maximum atomic E-state index is 12.4. The zero-order valence-corrected chi connectivity index (χ0v) is 8.16. The average Bonchev–Trinajstić information content (AvgIpc) is 1.96. The molecule has 0 aliphatic carbocycles. The van der Waals surface area contributed by atoms with Gasteiger partial charge in [0.15, 0.2) is 0 Å². The summed E-state index contributed by atoms with van der Waals surface area (Å²) in [7, 11) is 0. The van der Waals surface area contributed by atoms with Gasteiger partial charge in [-0.1, -0.05) is 0 Å². The van der Waals surface area contributed by atoms with Crippen molar-refractivity contribution in [1.29, 1.82) is 0 Å². The molecule has 0 aromatic carbocycles. The zero-order valence-electron chi connectivity index (χ0n) is 6.57. The van der Waals surface area contributed by atoms with E-state index in [0.717, 1.165) is 0 Å². The van der Waals surface area contributed by atoms with Crippen LogP contribution < -0.4 is 0 Å². The lowest BCUT2D eigenvalue weighted by atomic mass is 10.2. The normalized spacial score (nSPS) is 13.4. The van der Waals surface area contributed by atoms with Gasteiger partial charge in [0.25, 0.3) is 0 Å². The highest BCUT2D eigenvalue weighted by atomic mass is 79.9. The summed E-state index contributed by atoms with van der Waals surface area (Å²) in [5.41, 5.74) is 0. The fourth-order valence-corrected chi connectivity index (χ4v) is 0.707. The van der Waals surface area contributed by atoms with Gasteiger partial charge in [0, 0.05) is 6.42 Å². The number of hydrogen-bond donors (Lipinski definition) is 1. The van der Waals surface area contributed by atoms with Crippen LogP contribution in [0, 0.1) is 0 Å². The van der Waals surface area contributed by atoms with E-state index in [1.807, 2.05) is 0 Å². The number of hydrogen-bond acceptors (Lipinski definition) is 2. The lowest BCUT2D eigenvalue weighted by Crippen LogP contribution is -2.36. The molecule has 0 unspecified atom stereocenters. The average molecular weight is 269 g/mol. The smallest absolute Gasteiger partial charge is 0.363 e. The van der Waals surface area contributed by atoms with E-state index < -0.39 is 23.8 Å². The Kier molecular flexibility index (Phi) is 5.16. The first-order valence-corrected chi connectivity index (χ1v) is 4.24. The Morgan fingerprint density at radius 3 is 2.08 bits per heavy atom. The predicted octanol–water partition coefficient (Wildman–Crippen LogP) is 2.01. The van der Waals surface area contributed by atoms with E-state index in [9.17, 15) is 17.6 Å². The van der Waals surface area contributed by atoms with Crippen molar-refractivity contribution in [1.82, 2.24) is 0 Å². The van der Waals surface area contributed by atoms with Gasteiger partial charge in [-0.3, -0.25) is 0 Å². The summed E-state index contributed by atoms with van der Waals surface area (Å²) in [6, 6.07) is 0. The highest BCUT2D eigenvalue weighted by molar-refractivity contribution is 9.10. The molecule has 0 fully saturated rings. The van der Waals surface area contributed by atoms with Crippen molar-refractivity contribution in [3.8, 4) is 0 Å². The first kappa shape index (κ1) is 13.1. The van der Waals surface area contributed by atoms with Gasteiger partial charge in [0.1, 0.15) is 0 Å². The second-order valence-corrected chi connectivity index (χ2v) is 3.28. The third-order valence-corrected chi connectivity index (χ3v) is 1.79. The Bertz CT molecular complexity index is 148. The van der Waals surface area contributed by atoms with Crippen molar-refractivity contribution >= 4 is 15.9 Å². The second kappa shape index (κ2) is 5.11. The minimum absolute atomic E-state index is 0.135. The van der Waals surface area contributed by atoms with Crippen molar-refractivity contribution in [3.05, 3.63) is 0 Å². The number of alkyl halides is 5. The molecule has 0 aliphatic rings. The van der Waals surface area contributed by atoms with Crippen molar-refractivity contribution in [2.75, 3.05) is 19.8 Å². The van der Waals surface area contributed by atoms with Crippen molar-refractivity contribution in [2.45, 2.75) is 17.2 Å². The topological polar surface area (TPSA) is 29.5 Å². The van der Waals surface area contributed by atoms with Crippen LogP contribution in [0.5, 0.6) is 0 Å². The van der Waals surface area contributed by atoms with Crippen LogP contribution in [0.15, 0.2) is 0 Å². The van der Waals surface area contributed by atoms with Gasteiger partial charge in [0.05, 0.1) is 19.8 Å². The van der Waals surface area contributed by atoms with Crippen LogP contribution in [0.4, 0.5) is 17.6 Å². The highest BCUT2D eigenvalue weighted by Crippen LogP contribution is 2.41. The standard InChI is InChI=1S/C6H9BrF4O2/c7-6(10,11)5(8,9)1-3-13-4-2-12/h12H,1-4H2. The number of aliphatic hydroxyl groups is 1. The van der Waals surface area contributed by atoms with Gasteiger partial charge < -0.3 is 9.84 Å². The predicted molar refractivity (Wildman–Crippen MR) is 41.3 cm³/mol. The molecule has 0 saturated carbocycles. The van der Waals surface area contributed by atoms with Crippen LogP contribution in [0.3, 0.4) is 0 Å². The van der Waals surface area contributed by atoms with Crippen LogP contribution in [0.1, 0.15) is 6.42 Å². The monoisotopic (exact) mass is 268 g/mol. The molecular weight excluding hydrogens is 260 g/mol. The van der Waals surface area contributed by atoms with E-state index in [0.29, 0.717) is 0 Å². The molecule has 0 spiro atoms. The lowest BCUT2D eigenvalue weighted by Gasteiger charge is -2.20. The molecular formula is C6H9BrF4O2. The third-order valence-electron chi connectivity index (χ3n) is 1.21. The van der Waals surface area contributed by atoms with E-state index in [1.165, 1.54) is 0 Å². The Morgan fingerprint density at radius 1 is 1.15 bits per heavy atom. The Balaban J connectivity index is 3.77. The van der Waals surface area contributed by atoms with Crippen molar-refractivity contribution in [3.63, 3.8) is 0 Å². The fourth-order valence-electron chi connectivity index (χ4n) is 0.509. The largest absolute Gasteiger partial charge is 0.394 e. The summed E-state index contributed by atoms with van der Waals surface area (Å²) in [6.45, 7) is -0.977. The number of rotatable bonds is 6. The first-order valence-electron chi connectivity index (χ1n) is 3.44.